The maximum atomic E-state index is 11.9. The van der Waals surface area contributed by atoms with E-state index in [1.807, 2.05) is 31.2 Å². The standard InChI is InChI=1S/C15H22N2O2/c1-12-2-4-14(5-3-12)19-11-10-17-15(18)13-6-8-16-9-7-13/h2-5,13,16H,6-11H2,1H3,(H,17,18). The molecule has 1 aliphatic rings. The van der Waals surface area contributed by atoms with E-state index in [4.69, 9.17) is 4.74 Å². The summed E-state index contributed by atoms with van der Waals surface area (Å²) in [6, 6.07) is 7.93. The molecular weight excluding hydrogens is 240 g/mol. The Kier molecular flexibility index (Phi) is 5.21. The summed E-state index contributed by atoms with van der Waals surface area (Å²) in [6.07, 6.45) is 1.87. The summed E-state index contributed by atoms with van der Waals surface area (Å²) < 4.78 is 5.57. The van der Waals surface area contributed by atoms with Gasteiger partial charge in [0.1, 0.15) is 12.4 Å². The van der Waals surface area contributed by atoms with E-state index in [1.165, 1.54) is 5.56 Å². The average molecular weight is 262 g/mol. The minimum Gasteiger partial charge on any atom is -0.492 e. The molecule has 0 saturated carbocycles. The normalized spacial score (nSPS) is 16.1. The van der Waals surface area contributed by atoms with Crippen molar-refractivity contribution in [3.63, 3.8) is 0 Å². The molecular formula is C15H22N2O2. The monoisotopic (exact) mass is 262 g/mol. The number of carbonyl (C=O) groups excluding carboxylic acids is 1. The molecule has 104 valence electrons. The smallest absolute Gasteiger partial charge is 0.223 e. The van der Waals surface area contributed by atoms with Crippen molar-refractivity contribution in [1.82, 2.24) is 10.6 Å². The fourth-order valence-corrected chi connectivity index (χ4v) is 2.21. The third-order valence-electron chi connectivity index (χ3n) is 3.40. The van der Waals surface area contributed by atoms with E-state index in [9.17, 15) is 4.79 Å². The van der Waals surface area contributed by atoms with Gasteiger partial charge in [-0.25, -0.2) is 0 Å². The van der Waals surface area contributed by atoms with Crippen LogP contribution in [0, 0.1) is 12.8 Å². The lowest BCUT2D eigenvalue weighted by atomic mass is 9.97. The molecule has 0 spiro atoms. The molecule has 0 atom stereocenters. The Bertz CT molecular complexity index is 397. The van der Waals surface area contributed by atoms with Gasteiger partial charge in [0.2, 0.25) is 5.91 Å². The van der Waals surface area contributed by atoms with Crippen molar-refractivity contribution in [2.45, 2.75) is 19.8 Å². The van der Waals surface area contributed by atoms with Crippen molar-refractivity contribution >= 4 is 5.91 Å². The summed E-state index contributed by atoms with van der Waals surface area (Å²) in [7, 11) is 0. The van der Waals surface area contributed by atoms with Crippen molar-refractivity contribution in [3.8, 4) is 5.75 Å². The lowest BCUT2D eigenvalue weighted by Gasteiger charge is -2.21. The third-order valence-corrected chi connectivity index (χ3v) is 3.40. The van der Waals surface area contributed by atoms with Gasteiger partial charge in [-0.3, -0.25) is 4.79 Å². The largest absolute Gasteiger partial charge is 0.492 e. The highest BCUT2D eigenvalue weighted by Gasteiger charge is 2.20. The van der Waals surface area contributed by atoms with Crippen molar-refractivity contribution < 1.29 is 9.53 Å². The molecule has 4 nitrogen and oxygen atoms in total. The molecule has 1 saturated heterocycles. The Hall–Kier alpha value is -1.55. The Morgan fingerprint density at radius 2 is 2.00 bits per heavy atom. The Morgan fingerprint density at radius 3 is 2.68 bits per heavy atom. The van der Waals surface area contributed by atoms with Crippen LogP contribution in [-0.2, 0) is 4.79 Å². The van der Waals surface area contributed by atoms with Gasteiger partial charge in [0.25, 0.3) is 0 Å². The summed E-state index contributed by atoms with van der Waals surface area (Å²) >= 11 is 0. The molecule has 2 rings (SSSR count). The summed E-state index contributed by atoms with van der Waals surface area (Å²) in [5.41, 5.74) is 1.21. The summed E-state index contributed by atoms with van der Waals surface area (Å²) in [5, 5.41) is 6.20. The molecule has 0 aromatic heterocycles. The third kappa shape index (κ3) is 4.56. The number of piperidine rings is 1. The van der Waals surface area contributed by atoms with Gasteiger partial charge in [-0.15, -0.1) is 0 Å². The van der Waals surface area contributed by atoms with Crippen LogP contribution in [0.4, 0.5) is 0 Å². The number of amides is 1. The summed E-state index contributed by atoms with van der Waals surface area (Å²) in [5.74, 6) is 1.18. The maximum absolute atomic E-state index is 11.9. The van der Waals surface area contributed by atoms with E-state index >= 15 is 0 Å². The van der Waals surface area contributed by atoms with E-state index in [2.05, 4.69) is 10.6 Å². The number of hydrogen-bond acceptors (Lipinski definition) is 3. The van der Waals surface area contributed by atoms with Crippen LogP contribution in [0.1, 0.15) is 18.4 Å². The summed E-state index contributed by atoms with van der Waals surface area (Å²) in [6.45, 7) is 5.01. The predicted molar refractivity (Wildman–Crippen MR) is 75.3 cm³/mol. The Morgan fingerprint density at radius 1 is 1.32 bits per heavy atom. The van der Waals surface area contributed by atoms with Crippen molar-refractivity contribution in [1.29, 1.82) is 0 Å². The van der Waals surface area contributed by atoms with Gasteiger partial charge in [0.05, 0.1) is 6.54 Å². The minimum atomic E-state index is 0.161. The number of nitrogens with one attached hydrogen (secondary N) is 2. The van der Waals surface area contributed by atoms with Crippen LogP contribution in [0.5, 0.6) is 5.75 Å². The molecule has 0 aliphatic carbocycles. The fourth-order valence-electron chi connectivity index (χ4n) is 2.21. The molecule has 19 heavy (non-hydrogen) atoms. The maximum Gasteiger partial charge on any atom is 0.223 e. The number of aryl methyl sites for hydroxylation is 1. The van der Waals surface area contributed by atoms with Crippen LogP contribution in [0.25, 0.3) is 0 Å². The highest BCUT2D eigenvalue weighted by Crippen LogP contribution is 2.12. The van der Waals surface area contributed by atoms with Crippen LogP contribution >= 0.6 is 0 Å². The van der Waals surface area contributed by atoms with Gasteiger partial charge >= 0.3 is 0 Å². The molecule has 0 radical (unpaired) electrons. The predicted octanol–water partition coefficient (Wildman–Crippen LogP) is 1.49. The first-order valence-electron chi connectivity index (χ1n) is 6.93. The first kappa shape index (κ1) is 13.9. The topological polar surface area (TPSA) is 50.4 Å². The van der Waals surface area contributed by atoms with E-state index < -0.39 is 0 Å². The van der Waals surface area contributed by atoms with Gasteiger partial charge < -0.3 is 15.4 Å². The zero-order valence-electron chi connectivity index (χ0n) is 11.4. The van der Waals surface area contributed by atoms with Crippen molar-refractivity contribution in [3.05, 3.63) is 29.8 Å². The fraction of sp³-hybridized carbons (Fsp3) is 0.533. The molecule has 4 heteroatoms. The number of hydrogen-bond donors (Lipinski definition) is 2. The Labute approximate surface area is 114 Å². The molecule has 1 aromatic carbocycles. The lowest BCUT2D eigenvalue weighted by Crippen LogP contribution is -2.39. The van der Waals surface area contributed by atoms with Gasteiger partial charge in [-0.05, 0) is 45.0 Å². The van der Waals surface area contributed by atoms with Crippen molar-refractivity contribution in [2.24, 2.45) is 5.92 Å². The van der Waals surface area contributed by atoms with Gasteiger partial charge in [-0.1, -0.05) is 17.7 Å². The van der Waals surface area contributed by atoms with Crippen molar-refractivity contribution in [2.75, 3.05) is 26.2 Å². The molecule has 2 N–H and O–H groups in total. The van der Waals surface area contributed by atoms with Crippen LogP contribution in [0.15, 0.2) is 24.3 Å². The number of benzene rings is 1. The molecule has 1 aliphatic heterocycles. The Balaban J connectivity index is 1.63. The second kappa shape index (κ2) is 7.14. The minimum absolute atomic E-state index is 0.161. The SMILES string of the molecule is Cc1ccc(OCCNC(=O)C2CCNCC2)cc1. The van der Waals surface area contributed by atoms with E-state index in [1.54, 1.807) is 0 Å². The van der Waals surface area contributed by atoms with Crippen LogP contribution in [0.3, 0.4) is 0 Å². The van der Waals surface area contributed by atoms with Crippen LogP contribution < -0.4 is 15.4 Å². The van der Waals surface area contributed by atoms with Gasteiger partial charge in [0, 0.05) is 5.92 Å². The second-order valence-electron chi connectivity index (χ2n) is 4.98. The molecule has 0 bridgehead atoms. The molecule has 1 amide bonds. The summed E-state index contributed by atoms with van der Waals surface area (Å²) in [4.78, 5) is 11.9. The molecule has 1 fully saturated rings. The number of carbonyl (C=O) groups is 1. The van der Waals surface area contributed by atoms with Gasteiger partial charge in [0.15, 0.2) is 0 Å². The zero-order valence-corrected chi connectivity index (χ0v) is 11.4. The molecule has 0 unspecified atom stereocenters. The first-order chi connectivity index (χ1) is 9.25. The first-order valence-corrected chi connectivity index (χ1v) is 6.93. The van der Waals surface area contributed by atoms with Crippen LogP contribution in [0.2, 0.25) is 0 Å². The quantitative estimate of drug-likeness (QED) is 0.790. The average Bonchev–Trinajstić information content (AvgIpc) is 2.46. The number of rotatable bonds is 5. The number of ether oxygens (including phenoxy) is 1. The van der Waals surface area contributed by atoms with E-state index in [-0.39, 0.29) is 11.8 Å². The van der Waals surface area contributed by atoms with Gasteiger partial charge in [-0.2, -0.15) is 0 Å². The molecule has 1 aromatic rings. The zero-order chi connectivity index (χ0) is 13.5. The molecule has 1 heterocycles. The highest BCUT2D eigenvalue weighted by molar-refractivity contribution is 5.78. The second-order valence-corrected chi connectivity index (χ2v) is 4.98. The lowest BCUT2D eigenvalue weighted by molar-refractivity contribution is -0.125. The van der Waals surface area contributed by atoms with Crippen LogP contribution in [-0.4, -0.2) is 32.1 Å². The highest BCUT2D eigenvalue weighted by atomic mass is 16.5. The van der Waals surface area contributed by atoms with E-state index in [0.717, 1.165) is 31.7 Å². The van der Waals surface area contributed by atoms with E-state index in [0.29, 0.717) is 13.2 Å².